The molecule has 30 heavy (non-hydrogen) atoms. The predicted molar refractivity (Wildman–Crippen MR) is 114 cm³/mol. The number of rotatable bonds is 4. The van der Waals surface area contributed by atoms with Gasteiger partial charge in [0.15, 0.2) is 5.82 Å². The van der Waals surface area contributed by atoms with E-state index in [0.717, 1.165) is 93.0 Å². The molecule has 0 amide bonds. The fourth-order valence-corrected chi connectivity index (χ4v) is 4.53. The maximum Gasteiger partial charge on any atom is 0.222 e. The molecule has 6 rings (SSSR count). The van der Waals surface area contributed by atoms with Gasteiger partial charge in [-0.15, -0.1) is 0 Å². The van der Waals surface area contributed by atoms with Gasteiger partial charge in [-0.3, -0.25) is 0 Å². The Morgan fingerprint density at radius 2 is 1.87 bits per heavy atom. The van der Waals surface area contributed by atoms with Crippen molar-refractivity contribution in [3.05, 3.63) is 29.8 Å². The normalized spacial score (nSPS) is 24.7. The summed E-state index contributed by atoms with van der Waals surface area (Å²) in [5, 5.41) is 3.48. The van der Waals surface area contributed by atoms with Crippen LogP contribution in [0.15, 0.2) is 24.3 Å². The maximum absolute atomic E-state index is 6.42. The molecule has 4 aliphatic rings. The van der Waals surface area contributed by atoms with Crippen LogP contribution in [-0.4, -0.2) is 60.6 Å². The van der Waals surface area contributed by atoms with Crippen molar-refractivity contribution in [3.63, 3.8) is 0 Å². The van der Waals surface area contributed by atoms with E-state index in [1.165, 1.54) is 0 Å². The van der Waals surface area contributed by atoms with Crippen LogP contribution in [-0.2, 0) is 15.9 Å². The van der Waals surface area contributed by atoms with Crippen LogP contribution in [0.4, 0.5) is 11.5 Å². The number of ether oxygens (including phenoxy) is 3. The molecular weight excluding hydrogens is 380 g/mol. The van der Waals surface area contributed by atoms with E-state index in [1.54, 1.807) is 0 Å². The molecule has 158 valence electrons. The highest BCUT2D eigenvalue weighted by molar-refractivity contribution is 5.65. The summed E-state index contributed by atoms with van der Waals surface area (Å²) in [6.45, 7) is 6.05. The smallest absolute Gasteiger partial charge is 0.222 e. The van der Waals surface area contributed by atoms with Gasteiger partial charge in [0.1, 0.15) is 11.4 Å². The molecule has 0 bridgehead atoms. The van der Waals surface area contributed by atoms with Crippen LogP contribution in [0.2, 0.25) is 0 Å². The van der Waals surface area contributed by atoms with Gasteiger partial charge in [0, 0.05) is 17.8 Å². The van der Waals surface area contributed by atoms with E-state index in [-0.39, 0.29) is 5.60 Å². The van der Waals surface area contributed by atoms with E-state index >= 15 is 0 Å². The molecule has 1 aromatic heterocycles. The van der Waals surface area contributed by atoms with E-state index in [4.69, 9.17) is 24.2 Å². The zero-order valence-electron chi connectivity index (χ0n) is 17.4. The van der Waals surface area contributed by atoms with E-state index in [2.05, 4.69) is 41.4 Å². The lowest BCUT2D eigenvalue weighted by Crippen LogP contribution is -2.45. The second-order valence-corrected chi connectivity index (χ2v) is 9.01. The number of fused-ring (bicyclic) bond motifs is 1. The van der Waals surface area contributed by atoms with Crippen LogP contribution < -0.4 is 15.0 Å². The maximum atomic E-state index is 6.42. The second-order valence-electron chi connectivity index (χ2n) is 9.01. The van der Waals surface area contributed by atoms with Gasteiger partial charge in [0.2, 0.25) is 5.88 Å². The van der Waals surface area contributed by atoms with Gasteiger partial charge in [-0.1, -0.05) is 0 Å². The monoisotopic (exact) mass is 408 g/mol. The average Bonchev–Trinajstić information content (AvgIpc) is 3.49. The lowest BCUT2D eigenvalue weighted by molar-refractivity contribution is 0.0211. The first-order valence-electron chi connectivity index (χ1n) is 11.1. The van der Waals surface area contributed by atoms with Gasteiger partial charge >= 0.3 is 0 Å². The molecule has 1 unspecified atom stereocenters. The van der Waals surface area contributed by atoms with Crippen LogP contribution in [0.5, 0.6) is 5.88 Å². The third-order valence-electron chi connectivity index (χ3n) is 6.69. The number of nitrogens with zero attached hydrogens (tertiary/aromatic N) is 3. The first kappa shape index (κ1) is 18.4. The Morgan fingerprint density at radius 3 is 2.57 bits per heavy atom. The first-order valence-corrected chi connectivity index (χ1v) is 11.1. The molecule has 1 N–H and O–H groups in total. The number of nitrogens with one attached hydrogen (secondary N) is 1. The predicted octanol–water partition coefficient (Wildman–Crippen LogP) is 3.04. The zero-order chi connectivity index (χ0) is 20.1. The third kappa shape index (κ3) is 3.30. The first-order chi connectivity index (χ1) is 14.7. The lowest BCUT2D eigenvalue weighted by Gasteiger charge is -2.37. The fraction of sp³-hybridized carbons (Fsp3) is 0.565. The van der Waals surface area contributed by atoms with Crippen molar-refractivity contribution in [1.29, 1.82) is 0 Å². The van der Waals surface area contributed by atoms with Gasteiger partial charge in [0.25, 0.3) is 0 Å². The SMILES string of the molecule is CC1COCCN1c1nc(-c2ccc(NC3COC3)cc2)nc2c1CCC1(CC1)O2. The summed E-state index contributed by atoms with van der Waals surface area (Å²) in [5.74, 6) is 2.54. The summed E-state index contributed by atoms with van der Waals surface area (Å²) in [6.07, 6.45) is 4.33. The van der Waals surface area contributed by atoms with E-state index in [9.17, 15) is 0 Å². The van der Waals surface area contributed by atoms with E-state index in [1.807, 2.05) is 0 Å². The van der Waals surface area contributed by atoms with Crippen LogP contribution in [0.25, 0.3) is 11.4 Å². The third-order valence-corrected chi connectivity index (χ3v) is 6.69. The molecule has 0 radical (unpaired) electrons. The summed E-state index contributed by atoms with van der Waals surface area (Å²) in [7, 11) is 0. The van der Waals surface area contributed by atoms with Crippen molar-refractivity contribution >= 4 is 11.5 Å². The second kappa shape index (κ2) is 7.10. The van der Waals surface area contributed by atoms with Crippen molar-refractivity contribution in [2.45, 2.75) is 50.3 Å². The standard InChI is InChI=1S/C23H28N4O3/c1-15-12-28-11-10-27(15)21-19-6-7-23(8-9-23)30-22(19)26-20(25-21)16-2-4-17(5-3-16)24-18-13-29-14-18/h2-5,15,18,24H,6-14H2,1H3. The summed E-state index contributed by atoms with van der Waals surface area (Å²) in [5.41, 5.74) is 3.30. The highest BCUT2D eigenvalue weighted by Gasteiger charge is 2.49. The van der Waals surface area contributed by atoms with E-state index < -0.39 is 0 Å². The Kier molecular flexibility index (Phi) is 4.35. The molecule has 1 saturated carbocycles. The number of benzene rings is 1. The molecule has 3 fully saturated rings. The van der Waals surface area contributed by atoms with Crippen LogP contribution in [0.1, 0.15) is 31.7 Å². The van der Waals surface area contributed by atoms with Gasteiger partial charge < -0.3 is 24.4 Å². The lowest BCUT2D eigenvalue weighted by atomic mass is 10.0. The molecule has 7 nitrogen and oxygen atoms in total. The van der Waals surface area contributed by atoms with Crippen molar-refractivity contribution in [3.8, 4) is 17.3 Å². The molecule has 1 aliphatic carbocycles. The Labute approximate surface area is 176 Å². The zero-order valence-corrected chi connectivity index (χ0v) is 17.4. The minimum atomic E-state index is 0.0329. The minimum absolute atomic E-state index is 0.0329. The number of aromatic nitrogens is 2. The number of anilines is 2. The Balaban J connectivity index is 1.36. The quantitative estimate of drug-likeness (QED) is 0.834. The molecule has 3 aliphatic heterocycles. The van der Waals surface area contributed by atoms with Crippen molar-refractivity contribution in [2.75, 3.05) is 43.2 Å². The molecular formula is C23H28N4O3. The van der Waals surface area contributed by atoms with Crippen molar-refractivity contribution in [2.24, 2.45) is 0 Å². The number of morpholine rings is 1. The van der Waals surface area contributed by atoms with Crippen LogP contribution >= 0.6 is 0 Å². The largest absolute Gasteiger partial charge is 0.471 e. The number of hydrogen-bond donors (Lipinski definition) is 1. The van der Waals surface area contributed by atoms with E-state index in [0.29, 0.717) is 12.1 Å². The highest BCUT2D eigenvalue weighted by atomic mass is 16.5. The molecule has 1 atom stereocenters. The fourth-order valence-electron chi connectivity index (χ4n) is 4.53. The molecule has 7 heteroatoms. The van der Waals surface area contributed by atoms with Gasteiger partial charge in [-0.2, -0.15) is 4.98 Å². The Bertz CT molecular complexity index is 940. The summed E-state index contributed by atoms with van der Waals surface area (Å²) >= 11 is 0. The average molecular weight is 409 g/mol. The molecule has 4 heterocycles. The highest BCUT2D eigenvalue weighted by Crippen LogP contribution is 2.49. The van der Waals surface area contributed by atoms with Crippen molar-refractivity contribution < 1.29 is 14.2 Å². The molecule has 2 aromatic rings. The Hall–Kier alpha value is -2.38. The molecule has 2 saturated heterocycles. The van der Waals surface area contributed by atoms with Crippen LogP contribution in [0.3, 0.4) is 0 Å². The summed E-state index contributed by atoms with van der Waals surface area (Å²) < 4.78 is 17.3. The van der Waals surface area contributed by atoms with Gasteiger partial charge in [-0.25, -0.2) is 4.98 Å². The number of hydrogen-bond acceptors (Lipinski definition) is 7. The van der Waals surface area contributed by atoms with Gasteiger partial charge in [-0.05, 0) is 56.9 Å². The van der Waals surface area contributed by atoms with Gasteiger partial charge in [0.05, 0.1) is 44.1 Å². The topological polar surface area (TPSA) is 68.7 Å². The molecule has 1 aromatic carbocycles. The molecule has 1 spiro atoms. The van der Waals surface area contributed by atoms with Crippen molar-refractivity contribution in [1.82, 2.24) is 9.97 Å². The summed E-state index contributed by atoms with van der Waals surface area (Å²) in [6, 6.07) is 9.07. The Morgan fingerprint density at radius 1 is 1.03 bits per heavy atom. The summed E-state index contributed by atoms with van der Waals surface area (Å²) in [4.78, 5) is 12.3. The van der Waals surface area contributed by atoms with Crippen LogP contribution in [0, 0.1) is 0 Å². The minimum Gasteiger partial charge on any atom is -0.471 e.